The van der Waals surface area contributed by atoms with Gasteiger partial charge in [-0.05, 0) is 121 Å². The third-order valence-electron chi connectivity index (χ3n) is 17.6. The van der Waals surface area contributed by atoms with Gasteiger partial charge in [-0.25, -0.2) is 0 Å². The molecule has 1 atom stereocenters. The normalized spacial score (nSPS) is 14.4. The predicted molar refractivity (Wildman–Crippen MR) is 335 cm³/mol. The molecular weight excluding hydrogens is 1060 g/mol. The number of hydrogen-bond acceptors (Lipinski definition) is 8. The van der Waals surface area contributed by atoms with Crippen molar-refractivity contribution in [2.45, 2.75) is 15.2 Å². The van der Waals surface area contributed by atoms with Gasteiger partial charge >= 0.3 is 0 Å². The molecule has 3 aliphatic rings. The maximum Gasteiger partial charge on any atom is 0.134 e. The fourth-order valence-electron chi connectivity index (χ4n) is 14.1. The van der Waals surface area contributed by atoms with Gasteiger partial charge in [0.2, 0.25) is 0 Å². The number of nitrogens with zero attached hydrogens (tertiary/aromatic N) is 9. The van der Waals surface area contributed by atoms with Crippen LogP contribution >= 0.6 is 11.8 Å². The van der Waals surface area contributed by atoms with E-state index < -0.39 is 5.41 Å². The first-order valence-corrected chi connectivity index (χ1v) is 28.8. The smallest absolute Gasteiger partial charge is 0.134 e. The van der Waals surface area contributed by atoms with E-state index in [1.54, 1.807) is 11.8 Å². The molecule has 15 aromatic rings. The topological polar surface area (TPSA) is 124 Å². The second-order valence-corrected chi connectivity index (χ2v) is 22.9. The second kappa shape index (κ2) is 17.4. The molecule has 1 spiro atoms. The molecule has 0 saturated heterocycles. The highest BCUT2D eigenvalue weighted by atomic mass is 32.2. The Bertz CT molecular complexity index is 5480. The van der Waals surface area contributed by atoms with E-state index in [0.29, 0.717) is 28.2 Å². The van der Waals surface area contributed by atoms with Crippen molar-refractivity contribution >= 4 is 94.2 Å². The summed E-state index contributed by atoms with van der Waals surface area (Å²) >= 11 is 1.77. The number of para-hydroxylation sites is 5. The van der Waals surface area contributed by atoms with Crippen LogP contribution in [0.25, 0.3) is 93.9 Å². The molecular formula is C74H39N9OS. The lowest BCUT2D eigenvalue weighted by Gasteiger charge is -2.40. The van der Waals surface area contributed by atoms with Crippen molar-refractivity contribution in [3.05, 3.63) is 276 Å². The van der Waals surface area contributed by atoms with Crippen molar-refractivity contribution < 1.29 is 4.74 Å². The lowest BCUT2D eigenvalue weighted by Crippen LogP contribution is -2.33. The van der Waals surface area contributed by atoms with Gasteiger partial charge in [0.05, 0.1) is 120 Å². The molecule has 5 aromatic heterocycles. The van der Waals surface area contributed by atoms with Crippen molar-refractivity contribution in [1.82, 2.24) is 23.7 Å². The summed E-state index contributed by atoms with van der Waals surface area (Å²) in [6, 6.07) is 84.8. The molecule has 392 valence electrons. The van der Waals surface area contributed by atoms with Crippen LogP contribution in [0.2, 0.25) is 0 Å². The van der Waals surface area contributed by atoms with Crippen molar-refractivity contribution in [2.24, 2.45) is 0 Å². The monoisotopic (exact) mass is 1100 g/mol. The zero-order valence-corrected chi connectivity index (χ0v) is 45.7. The van der Waals surface area contributed by atoms with Gasteiger partial charge in [-0.2, -0.15) is 15.8 Å². The highest BCUT2D eigenvalue weighted by Gasteiger charge is 2.53. The minimum absolute atomic E-state index is 0.530. The third-order valence-corrected chi connectivity index (χ3v) is 18.7. The molecule has 0 amide bonds. The summed E-state index contributed by atoms with van der Waals surface area (Å²) in [4.78, 5) is 15.7. The maximum atomic E-state index is 10.1. The summed E-state index contributed by atoms with van der Waals surface area (Å²) in [5, 5.41) is 36.5. The van der Waals surface area contributed by atoms with Crippen LogP contribution in [0.3, 0.4) is 0 Å². The Kier molecular flexibility index (Phi) is 9.63. The van der Waals surface area contributed by atoms with Gasteiger partial charge in [0.15, 0.2) is 0 Å². The van der Waals surface area contributed by atoms with Crippen LogP contribution in [0.1, 0.15) is 38.9 Å². The molecule has 0 radical (unpaired) electrons. The Balaban J connectivity index is 0.957. The van der Waals surface area contributed by atoms with E-state index in [-0.39, 0.29) is 0 Å². The Morgan fingerprint density at radius 1 is 0.353 bits per heavy atom. The molecule has 18 rings (SSSR count). The standard InChI is InChI=1S/C74H39N9OS/c75-38-43-21-28-63-53(31-43)52-13-3-6-16-62(52)83(63)49-35-59-73(79-42-49)72-58(34-48(41-78-72)82-60-14-4-1-11-50(60)51-12-2-5-15-61(51)82)74(59)56-26-24-46(80-64-29-22-44(39-76)32-54(64)55-33-45(40-77)23-30-65(55)80)36-68(56)84-69-37-47(25-27-57(69)74)81-66-17-7-9-19-70(66)85-71-20-10-8-18-67(71)81/h1-37,41-42H. The van der Waals surface area contributed by atoms with Crippen LogP contribution in [0.4, 0.5) is 17.1 Å². The van der Waals surface area contributed by atoms with Gasteiger partial charge < -0.3 is 23.3 Å². The zero-order valence-electron chi connectivity index (χ0n) is 44.9. The van der Waals surface area contributed by atoms with Gasteiger partial charge in [-0.15, -0.1) is 0 Å². The highest BCUT2D eigenvalue weighted by molar-refractivity contribution is 7.99. The Morgan fingerprint density at radius 3 is 1.22 bits per heavy atom. The number of nitriles is 3. The Morgan fingerprint density at radius 2 is 0.741 bits per heavy atom. The lowest BCUT2D eigenvalue weighted by atomic mass is 9.66. The molecule has 7 heterocycles. The van der Waals surface area contributed by atoms with Crippen LogP contribution in [0.5, 0.6) is 11.5 Å². The van der Waals surface area contributed by atoms with Gasteiger partial charge in [0, 0.05) is 87.9 Å². The first-order valence-electron chi connectivity index (χ1n) is 27.9. The number of pyridine rings is 2. The van der Waals surface area contributed by atoms with Crippen LogP contribution in [0.15, 0.2) is 247 Å². The number of fused-ring (bicyclic) bond motifs is 20. The molecule has 11 heteroatoms. The van der Waals surface area contributed by atoms with E-state index in [0.717, 1.165) is 143 Å². The second-order valence-electron chi connectivity index (χ2n) is 21.9. The van der Waals surface area contributed by atoms with Crippen molar-refractivity contribution in [3.63, 3.8) is 0 Å². The molecule has 0 fully saturated rings. The fraction of sp³-hybridized carbons (Fsp3) is 0.0135. The Hall–Kier alpha value is -11.7. The summed E-state index contributed by atoms with van der Waals surface area (Å²) in [6.07, 6.45) is 3.95. The molecule has 1 aliphatic carbocycles. The minimum atomic E-state index is -1.10. The van der Waals surface area contributed by atoms with Gasteiger partial charge in [-0.1, -0.05) is 103 Å². The lowest BCUT2D eigenvalue weighted by molar-refractivity contribution is 0.436. The summed E-state index contributed by atoms with van der Waals surface area (Å²) in [6.45, 7) is 0. The maximum absolute atomic E-state index is 10.1. The number of aromatic nitrogens is 5. The third kappa shape index (κ3) is 6.40. The molecule has 0 bridgehead atoms. The van der Waals surface area contributed by atoms with E-state index >= 15 is 0 Å². The summed E-state index contributed by atoms with van der Waals surface area (Å²) in [7, 11) is 0. The first-order chi connectivity index (χ1) is 42.0. The molecule has 0 saturated carbocycles. The van der Waals surface area contributed by atoms with E-state index in [1.807, 2.05) is 73.1 Å². The number of ether oxygens (including phenoxy) is 1. The molecule has 10 aromatic carbocycles. The van der Waals surface area contributed by atoms with Crippen LogP contribution in [-0.2, 0) is 5.41 Å². The van der Waals surface area contributed by atoms with Crippen molar-refractivity contribution in [1.29, 1.82) is 15.8 Å². The number of anilines is 3. The van der Waals surface area contributed by atoms with E-state index in [1.165, 1.54) is 0 Å². The largest absolute Gasteiger partial charge is 0.457 e. The van der Waals surface area contributed by atoms with Crippen LogP contribution in [0, 0.1) is 34.0 Å². The minimum Gasteiger partial charge on any atom is -0.457 e. The number of rotatable bonds is 4. The van der Waals surface area contributed by atoms with Gasteiger partial charge in [0.25, 0.3) is 0 Å². The number of benzene rings is 10. The summed E-state index contributed by atoms with van der Waals surface area (Å²) < 4.78 is 14.4. The van der Waals surface area contributed by atoms with Gasteiger partial charge in [0.1, 0.15) is 11.5 Å². The molecule has 1 unspecified atom stereocenters. The first kappa shape index (κ1) is 47.0. The quantitative estimate of drug-likeness (QED) is 0.171. The zero-order chi connectivity index (χ0) is 56.2. The fourth-order valence-corrected chi connectivity index (χ4v) is 15.2. The average molecular weight is 1100 g/mol. The average Bonchev–Trinajstić information content (AvgIpc) is 1.67. The summed E-state index contributed by atoms with van der Waals surface area (Å²) in [5.41, 5.74) is 17.3. The molecule has 85 heavy (non-hydrogen) atoms. The van der Waals surface area contributed by atoms with E-state index in [2.05, 4.69) is 201 Å². The predicted octanol–water partition coefficient (Wildman–Crippen LogP) is 17.8. The van der Waals surface area contributed by atoms with Crippen molar-refractivity contribution in [3.8, 4) is 58.2 Å². The van der Waals surface area contributed by atoms with Gasteiger partial charge in [-0.3, -0.25) is 9.97 Å². The molecule has 2 aliphatic heterocycles. The molecule has 0 N–H and O–H groups in total. The Labute approximate surface area is 489 Å². The van der Waals surface area contributed by atoms with Crippen LogP contribution < -0.4 is 9.64 Å². The van der Waals surface area contributed by atoms with Crippen LogP contribution in [-0.4, -0.2) is 23.7 Å². The number of hydrogen-bond donors (Lipinski definition) is 0. The van der Waals surface area contributed by atoms with Crippen molar-refractivity contribution in [2.75, 3.05) is 4.90 Å². The highest BCUT2D eigenvalue weighted by Crippen LogP contribution is 2.63. The summed E-state index contributed by atoms with van der Waals surface area (Å²) in [5.74, 6) is 1.31. The molecule has 10 nitrogen and oxygen atoms in total. The SMILES string of the molecule is N#Cc1ccc2c(c1)c1ccccc1n2-c1cnc2c(c1)C1(c3ccc(N4c5ccccc5Sc5ccccc54)cc3Oc3cc(-n4c5ccc(C#N)cc5c5cc(C#N)ccc54)ccc31)c1cc(-n3c4ccccc4c4ccccc43)cnc1-2. The van der Waals surface area contributed by atoms with E-state index in [4.69, 9.17) is 14.7 Å². The van der Waals surface area contributed by atoms with E-state index in [9.17, 15) is 15.8 Å².